The summed E-state index contributed by atoms with van der Waals surface area (Å²) in [7, 11) is 0. The SMILES string of the molecule is N#Cc1ccc(O[C@H]2CC[C@H](N3Cc4ccccc4C3=O)CC2)cc1Br. The molecule has 0 aromatic heterocycles. The van der Waals surface area contributed by atoms with Crippen LogP contribution < -0.4 is 4.74 Å². The lowest BCUT2D eigenvalue weighted by atomic mass is 9.92. The minimum absolute atomic E-state index is 0.158. The Bertz CT molecular complexity index is 882. The third-order valence-electron chi connectivity index (χ3n) is 5.30. The zero-order valence-corrected chi connectivity index (χ0v) is 15.9. The molecule has 0 atom stereocenters. The Balaban J connectivity index is 1.36. The Labute approximate surface area is 161 Å². The molecule has 1 amide bonds. The molecule has 1 aliphatic heterocycles. The minimum Gasteiger partial charge on any atom is -0.490 e. The van der Waals surface area contributed by atoms with Gasteiger partial charge in [0.25, 0.3) is 5.91 Å². The lowest BCUT2D eigenvalue weighted by Crippen LogP contribution is -2.40. The van der Waals surface area contributed by atoms with Crippen molar-refractivity contribution in [2.75, 3.05) is 0 Å². The first-order valence-electron chi connectivity index (χ1n) is 8.91. The van der Waals surface area contributed by atoms with E-state index in [4.69, 9.17) is 10.00 Å². The van der Waals surface area contributed by atoms with Gasteiger partial charge in [-0.05, 0) is 71.4 Å². The van der Waals surface area contributed by atoms with Crippen molar-refractivity contribution in [3.05, 3.63) is 63.6 Å². The van der Waals surface area contributed by atoms with Gasteiger partial charge in [-0.15, -0.1) is 0 Å². The summed E-state index contributed by atoms with van der Waals surface area (Å²) in [6.07, 6.45) is 3.94. The average molecular weight is 411 g/mol. The Kier molecular flexibility index (Phi) is 4.69. The number of carbonyl (C=O) groups is 1. The third-order valence-corrected chi connectivity index (χ3v) is 5.95. The van der Waals surface area contributed by atoms with E-state index in [9.17, 15) is 4.79 Å². The van der Waals surface area contributed by atoms with E-state index in [-0.39, 0.29) is 12.0 Å². The van der Waals surface area contributed by atoms with E-state index in [0.29, 0.717) is 11.6 Å². The van der Waals surface area contributed by atoms with Crippen molar-refractivity contribution in [3.8, 4) is 11.8 Å². The molecule has 1 heterocycles. The highest BCUT2D eigenvalue weighted by Crippen LogP contribution is 2.33. The second kappa shape index (κ2) is 7.13. The predicted octanol–water partition coefficient (Wildman–Crippen LogP) is 4.67. The lowest BCUT2D eigenvalue weighted by molar-refractivity contribution is 0.0561. The van der Waals surface area contributed by atoms with Crippen molar-refractivity contribution in [3.63, 3.8) is 0 Å². The maximum atomic E-state index is 12.6. The molecule has 0 bridgehead atoms. The standard InChI is InChI=1S/C21H19BrN2O2/c22-20-11-18(8-5-14(20)12-23)26-17-9-6-16(7-10-17)24-13-15-3-1-2-4-19(15)21(24)25/h1-5,8,11,16-17H,6-7,9-10,13H2/t16-,17-. The molecular weight excluding hydrogens is 392 g/mol. The summed E-state index contributed by atoms with van der Waals surface area (Å²) in [5.41, 5.74) is 2.60. The molecule has 0 N–H and O–H groups in total. The largest absolute Gasteiger partial charge is 0.490 e. The fourth-order valence-corrected chi connectivity index (χ4v) is 4.35. The van der Waals surface area contributed by atoms with Crippen LogP contribution in [-0.2, 0) is 6.54 Å². The van der Waals surface area contributed by atoms with E-state index in [0.717, 1.165) is 53.6 Å². The van der Waals surface area contributed by atoms with Gasteiger partial charge >= 0.3 is 0 Å². The van der Waals surface area contributed by atoms with Crippen LogP contribution in [0.4, 0.5) is 0 Å². The number of benzene rings is 2. The summed E-state index contributed by atoms with van der Waals surface area (Å²) < 4.78 is 6.85. The summed E-state index contributed by atoms with van der Waals surface area (Å²) in [6, 6.07) is 15.8. The van der Waals surface area contributed by atoms with Crippen LogP contribution in [0, 0.1) is 11.3 Å². The third kappa shape index (κ3) is 3.22. The number of amides is 1. The molecule has 4 nitrogen and oxygen atoms in total. The molecule has 2 aromatic carbocycles. The van der Waals surface area contributed by atoms with Gasteiger partial charge in [-0.25, -0.2) is 0 Å². The number of halogens is 1. The van der Waals surface area contributed by atoms with Crippen molar-refractivity contribution in [1.82, 2.24) is 4.90 Å². The molecule has 26 heavy (non-hydrogen) atoms. The van der Waals surface area contributed by atoms with Gasteiger partial charge in [0.05, 0.1) is 11.7 Å². The lowest BCUT2D eigenvalue weighted by Gasteiger charge is -2.34. The number of hydrogen-bond donors (Lipinski definition) is 0. The van der Waals surface area contributed by atoms with E-state index in [1.807, 2.05) is 41.3 Å². The second-order valence-electron chi connectivity index (χ2n) is 6.89. The number of carbonyl (C=O) groups excluding carboxylic acids is 1. The zero-order chi connectivity index (χ0) is 18.1. The number of fused-ring (bicyclic) bond motifs is 1. The number of nitrogens with zero attached hydrogens (tertiary/aromatic N) is 2. The molecule has 2 aliphatic rings. The summed E-state index contributed by atoms with van der Waals surface area (Å²) in [5.74, 6) is 0.949. The van der Waals surface area contributed by atoms with E-state index in [2.05, 4.69) is 22.0 Å². The fraction of sp³-hybridized carbons (Fsp3) is 0.333. The average Bonchev–Trinajstić information content (AvgIpc) is 3.00. The first-order valence-corrected chi connectivity index (χ1v) is 9.70. The molecule has 2 aromatic rings. The van der Waals surface area contributed by atoms with Gasteiger partial charge < -0.3 is 9.64 Å². The normalized spacial score (nSPS) is 22.0. The van der Waals surface area contributed by atoms with E-state index in [1.54, 1.807) is 6.07 Å². The van der Waals surface area contributed by atoms with Crippen molar-refractivity contribution < 1.29 is 9.53 Å². The van der Waals surface area contributed by atoms with Gasteiger partial charge in [0.15, 0.2) is 0 Å². The monoisotopic (exact) mass is 410 g/mol. The minimum atomic E-state index is 0.158. The first kappa shape index (κ1) is 17.1. The summed E-state index contributed by atoms with van der Waals surface area (Å²) >= 11 is 3.40. The predicted molar refractivity (Wildman–Crippen MR) is 102 cm³/mol. The molecule has 0 unspecified atom stereocenters. The highest BCUT2D eigenvalue weighted by Gasteiger charge is 2.35. The van der Waals surface area contributed by atoms with Crippen LogP contribution in [0.15, 0.2) is 46.9 Å². The van der Waals surface area contributed by atoms with Gasteiger partial charge in [0.2, 0.25) is 0 Å². The molecule has 1 aliphatic carbocycles. The molecule has 5 heteroatoms. The molecule has 1 saturated carbocycles. The van der Waals surface area contributed by atoms with E-state index >= 15 is 0 Å². The molecule has 1 fully saturated rings. The first-order chi connectivity index (χ1) is 12.7. The Morgan fingerprint density at radius 3 is 2.58 bits per heavy atom. The zero-order valence-electron chi connectivity index (χ0n) is 14.3. The summed E-state index contributed by atoms with van der Waals surface area (Å²) in [6.45, 7) is 0.730. The highest BCUT2D eigenvalue weighted by atomic mass is 79.9. The van der Waals surface area contributed by atoms with Gasteiger partial charge in [0.1, 0.15) is 11.8 Å². The fourth-order valence-electron chi connectivity index (χ4n) is 3.90. The van der Waals surface area contributed by atoms with Crippen molar-refractivity contribution in [1.29, 1.82) is 5.26 Å². The van der Waals surface area contributed by atoms with Crippen LogP contribution in [0.3, 0.4) is 0 Å². The molecule has 0 saturated heterocycles. The van der Waals surface area contributed by atoms with Gasteiger partial charge in [0, 0.05) is 22.6 Å². The molecule has 132 valence electrons. The van der Waals surface area contributed by atoms with Crippen LogP contribution in [0.25, 0.3) is 0 Å². The molecule has 0 spiro atoms. The van der Waals surface area contributed by atoms with Crippen molar-refractivity contribution in [2.24, 2.45) is 0 Å². The Morgan fingerprint density at radius 2 is 1.88 bits per heavy atom. The highest BCUT2D eigenvalue weighted by molar-refractivity contribution is 9.10. The second-order valence-corrected chi connectivity index (χ2v) is 7.75. The van der Waals surface area contributed by atoms with E-state index in [1.165, 1.54) is 0 Å². The Morgan fingerprint density at radius 1 is 1.12 bits per heavy atom. The maximum Gasteiger partial charge on any atom is 0.254 e. The Hall–Kier alpha value is -2.32. The van der Waals surface area contributed by atoms with Gasteiger partial charge in [-0.1, -0.05) is 18.2 Å². The summed E-state index contributed by atoms with van der Waals surface area (Å²) in [5, 5.41) is 9.00. The van der Waals surface area contributed by atoms with Crippen molar-refractivity contribution >= 4 is 21.8 Å². The van der Waals surface area contributed by atoms with Gasteiger partial charge in [-0.2, -0.15) is 5.26 Å². The van der Waals surface area contributed by atoms with Gasteiger partial charge in [-0.3, -0.25) is 4.79 Å². The number of rotatable bonds is 3. The number of ether oxygens (including phenoxy) is 1. The summed E-state index contributed by atoms with van der Waals surface area (Å²) in [4.78, 5) is 14.7. The van der Waals surface area contributed by atoms with Crippen LogP contribution in [0.2, 0.25) is 0 Å². The topological polar surface area (TPSA) is 53.3 Å². The van der Waals surface area contributed by atoms with Crippen LogP contribution in [-0.4, -0.2) is 23.0 Å². The van der Waals surface area contributed by atoms with Crippen LogP contribution in [0.5, 0.6) is 5.75 Å². The van der Waals surface area contributed by atoms with E-state index < -0.39 is 0 Å². The quantitative estimate of drug-likeness (QED) is 0.738. The van der Waals surface area contributed by atoms with Crippen LogP contribution >= 0.6 is 15.9 Å². The molecular formula is C21H19BrN2O2. The number of hydrogen-bond acceptors (Lipinski definition) is 3. The van der Waals surface area contributed by atoms with Crippen LogP contribution in [0.1, 0.15) is 47.2 Å². The molecule has 0 radical (unpaired) electrons. The van der Waals surface area contributed by atoms with Crippen molar-refractivity contribution in [2.45, 2.75) is 44.4 Å². The smallest absolute Gasteiger partial charge is 0.254 e. The maximum absolute atomic E-state index is 12.6. The number of nitriles is 1. The molecule has 4 rings (SSSR count).